The van der Waals surface area contributed by atoms with Gasteiger partial charge in [-0.05, 0) is 36.8 Å². The minimum Gasteiger partial charge on any atom is -0.291 e. The Morgan fingerprint density at radius 3 is 3.09 bits per heavy atom. The van der Waals surface area contributed by atoms with Crippen LogP contribution < -0.4 is 10.3 Å². The highest BCUT2D eigenvalue weighted by molar-refractivity contribution is 7.16. The minimum absolute atomic E-state index is 0.0534. The summed E-state index contributed by atoms with van der Waals surface area (Å²) in [6, 6.07) is 5.21. The molecule has 0 radical (unpaired) electrons. The lowest BCUT2D eigenvalue weighted by Gasteiger charge is -2.08. The molecule has 1 aromatic heterocycles. The van der Waals surface area contributed by atoms with Gasteiger partial charge in [-0.1, -0.05) is 29.0 Å². The number of hydrogen-bond donors (Lipinski definition) is 1. The summed E-state index contributed by atoms with van der Waals surface area (Å²) in [5, 5.41) is 4.44. The fourth-order valence-corrected chi connectivity index (χ4v) is 3.23. The minimum atomic E-state index is -0.206. The Hall–Kier alpha value is -2.18. The molecule has 1 aromatic carbocycles. The monoisotopic (exact) mass is 333 g/mol. The lowest BCUT2D eigenvalue weighted by atomic mass is 10.1. The van der Waals surface area contributed by atoms with E-state index in [0.29, 0.717) is 16.2 Å². The third-order valence-electron chi connectivity index (χ3n) is 3.29. The number of Topliss-reactive ketones (excluding diaryl/α,β-unsaturated/α-hetero) is 1. The Kier molecular flexibility index (Phi) is 3.96. The van der Waals surface area contributed by atoms with Gasteiger partial charge < -0.3 is 0 Å². The Bertz CT molecular complexity index is 905. The van der Waals surface area contributed by atoms with Crippen LogP contribution in [0.25, 0.3) is 10.2 Å². The van der Waals surface area contributed by atoms with Gasteiger partial charge in [0.25, 0.3) is 0 Å². The number of fused-ring (bicyclic) bond motifs is 1. The predicted octanol–water partition coefficient (Wildman–Crippen LogP) is 2.70. The number of nitrogens with zero attached hydrogens (tertiary/aromatic N) is 2. The smallest absolute Gasteiger partial charge is 0.291 e. The second-order valence-electron chi connectivity index (χ2n) is 4.80. The average Bonchev–Trinajstić information content (AvgIpc) is 2.65. The summed E-state index contributed by atoms with van der Waals surface area (Å²) in [5.74, 6) is -0.206. The van der Waals surface area contributed by atoms with Crippen molar-refractivity contribution in [2.45, 2.75) is 13.5 Å². The maximum atomic E-state index is 12.5. The molecule has 2 aromatic rings. The molecule has 1 N–H and O–H groups in total. The highest BCUT2D eigenvalue weighted by atomic mass is 35.5. The Morgan fingerprint density at radius 2 is 2.27 bits per heavy atom. The van der Waals surface area contributed by atoms with Gasteiger partial charge in [-0.25, -0.2) is 0 Å². The van der Waals surface area contributed by atoms with Crippen LogP contribution in [0.2, 0.25) is 5.02 Å². The number of thiazole rings is 1. The van der Waals surface area contributed by atoms with Crippen molar-refractivity contribution in [3.05, 3.63) is 56.3 Å². The lowest BCUT2D eigenvalue weighted by Crippen LogP contribution is -2.25. The number of ketones is 1. The zero-order valence-electron chi connectivity index (χ0n) is 11.7. The van der Waals surface area contributed by atoms with Gasteiger partial charge in [-0.3, -0.25) is 19.6 Å². The number of carbonyl (C=O) groups excluding carboxylic acids is 1. The van der Waals surface area contributed by atoms with Gasteiger partial charge >= 0.3 is 4.87 Å². The summed E-state index contributed by atoms with van der Waals surface area (Å²) in [6.07, 6.45) is 5.10. The topological polar surface area (TPSA) is 63.5 Å². The summed E-state index contributed by atoms with van der Waals surface area (Å²) < 4.78 is 2.24. The number of halogens is 1. The lowest BCUT2D eigenvalue weighted by molar-refractivity contribution is -0.116. The van der Waals surface area contributed by atoms with E-state index < -0.39 is 0 Å². The van der Waals surface area contributed by atoms with E-state index in [1.54, 1.807) is 36.6 Å². The van der Waals surface area contributed by atoms with Crippen LogP contribution >= 0.6 is 22.9 Å². The zero-order valence-corrected chi connectivity index (χ0v) is 13.2. The van der Waals surface area contributed by atoms with E-state index in [9.17, 15) is 9.59 Å². The molecule has 0 amide bonds. The molecular weight excluding hydrogens is 322 g/mol. The van der Waals surface area contributed by atoms with Crippen molar-refractivity contribution in [1.29, 1.82) is 0 Å². The number of benzene rings is 1. The van der Waals surface area contributed by atoms with Crippen molar-refractivity contribution < 1.29 is 4.79 Å². The van der Waals surface area contributed by atoms with Gasteiger partial charge in [0.2, 0.25) is 5.78 Å². The SMILES string of the molecule is CC1=C(C(=O)Cn2c(=O)sc3ccc(Cl)cc32)NN=CC=C1. The van der Waals surface area contributed by atoms with Crippen LogP contribution in [0.4, 0.5) is 0 Å². The van der Waals surface area contributed by atoms with Crippen molar-refractivity contribution in [2.24, 2.45) is 5.10 Å². The first kappa shape index (κ1) is 14.7. The van der Waals surface area contributed by atoms with Crippen LogP contribution in [0.1, 0.15) is 6.92 Å². The largest absolute Gasteiger partial charge is 0.308 e. The van der Waals surface area contributed by atoms with Gasteiger partial charge in [0, 0.05) is 11.2 Å². The van der Waals surface area contributed by atoms with Crippen LogP contribution in [0.5, 0.6) is 0 Å². The molecule has 2 heterocycles. The molecule has 7 heteroatoms. The van der Waals surface area contributed by atoms with Crippen molar-refractivity contribution >= 4 is 45.2 Å². The Morgan fingerprint density at radius 1 is 1.45 bits per heavy atom. The van der Waals surface area contributed by atoms with Crippen molar-refractivity contribution in [2.75, 3.05) is 0 Å². The number of rotatable bonds is 3. The molecule has 3 rings (SSSR count). The van der Waals surface area contributed by atoms with E-state index in [4.69, 9.17) is 11.6 Å². The van der Waals surface area contributed by atoms with E-state index >= 15 is 0 Å². The van der Waals surface area contributed by atoms with Gasteiger partial charge in [0.1, 0.15) is 5.70 Å². The van der Waals surface area contributed by atoms with Crippen molar-refractivity contribution in [3.8, 4) is 0 Å². The van der Waals surface area contributed by atoms with Crippen LogP contribution in [-0.2, 0) is 11.3 Å². The van der Waals surface area contributed by atoms with E-state index in [1.807, 2.05) is 6.92 Å². The molecule has 0 saturated carbocycles. The molecular formula is C15H12ClN3O2S. The molecule has 0 saturated heterocycles. The highest BCUT2D eigenvalue weighted by Crippen LogP contribution is 2.22. The summed E-state index contributed by atoms with van der Waals surface area (Å²) in [6.45, 7) is 1.76. The molecule has 0 spiro atoms. The average molecular weight is 334 g/mol. The number of hydrogen-bond acceptors (Lipinski definition) is 5. The summed E-state index contributed by atoms with van der Waals surface area (Å²) in [4.78, 5) is 24.4. The number of carbonyl (C=O) groups is 1. The fraction of sp³-hybridized carbons (Fsp3) is 0.133. The first-order valence-electron chi connectivity index (χ1n) is 6.55. The van der Waals surface area contributed by atoms with E-state index in [-0.39, 0.29) is 17.2 Å². The van der Waals surface area contributed by atoms with Gasteiger partial charge in [-0.15, -0.1) is 0 Å². The van der Waals surface area contributed by atoms with Crippen LogP contribution in [0, 0.1) is 0 Å². The summed E-state index contributed by atoms with van der Waals surface area (Å²) in [5.41, 5.74) is 4.55. The van der Waals surface area contributed by atoms with E-state index in [2.05, 4.69) is 10.5 Å². The number of aromatic nitrogens is 1. The maximum absolute atomic E-state index is 12.5. The number of hydrazone groups is 1. The maximum Gasteiger partial charge on any atom is 0.308 e. The zero-order chi connectivity index (χ0) is 15.7. The molecule has 0 unspecified atom stereocenters. The third kappa shape index (κ3) is 2.75. The number of nitrogens with one attached hydrogen (secondary N) is 1. The van der Waals surface area contributed by atoms with Crippen LogP contribution in [0.15, 0.2) is 51.5 Å². The Labute approximate surface area is 135 Å². The number of allylic oxidation sites excluding steroid dienone is 4. The van der Waals surface area contributed by atoms with E-state index in [0.717, 1.165) is 21.6 Å². The summed E-state index contributed by atoms with van der Waals surface area (Å²) >= 11 is 7.08. The Balaban J connectivity index is 2.00. The summed E-state index contributed by atoms with van der Waals surface area (Å²) in [7, 11) is 0. The molecule has 22 heavy (non-hydrogen) atoms. The first-order valence-corrected chi connectivity index (χ1v) is 7.74. The van der Waals surface area contributed by atoms with Gasteiger partial charge in [0.05, 0.1) is 16.8 Å². The highest BCUT2D eigenvalue weighted by Gasteiger charge is 2.17. The quantitative estimate of drug-likeness (QED) is 0.939. The van der Waals surface area contributed by atoms with Gasteiger partial charge in [0.15, 0.2) is 0 Å². The molecule has 0 bridgehead atoms. The molecule has 1 aliphatic rings. The molecule has 0 aliphatic carbocycles. The molecule has 5 nitrogen and oxygen atoms in total. The van der Waals surface area contributed by atoms with Gasteiger partial charge in [-0.2, -0.15) is 5.10 Å². The molecule has 112 valence electrons. The molecule has 0 fully saturated rings. The fourth-order valence-electron chi connectivity index (χ4n) is 2.19. The predicted molar refractivity (Wildman–Crippen MR) is 89.6 cm³/mol. The van der Waals surface area contributed by atoms with Crippen LogP contribution in [-0.4, -0.2) is 16.6 Å². The molecule has 1 aliphatic heterocycles. The van der Waals surface area contributed by atoms with Crippen molar-refractivity contribution in [1.82, 2.24) is 9.99 Å². The standard InChI is InChI=1S/C15H12ClN3O2S/c1-9-3-2-6-17-18-14(9)12(20)8-19-11-7-10(16)4-5-13(11)22-15(19)21/h2-7,18H,8H2,1H3. The second-order valence-corrected chi connectivity index (χ2v) is 6.23. The first-order chi connectivity index (χ1) is 10.6. The normalized spacial score (nSPS) is 14.3. The van der Waals surface area contributed by atoms with E-state index in [1.165, 1.54) is 4.57 Å². The van der Waals surface area contributed by atoms with Crippen LogP contribution in [0.3, 0.4) is 0 Å². The second kappa shape index (κ2) is 5.90. The van der Waals surface area contributed by atoms with Crippen molar-refractivity contribution in [3.63, 3.8) is 0 Å². The third-order valence-corrected chi connectivity index (χ3v) is 4.48. The molecule has 0 atom stereocenters.